The lowest BCUT2D eigenvalue weighted by Gasteiger charge is -2.13. The number of benzene rings is 3. The first kappa shape index (κ1) is 18.1. The number of aromatic nitrogens is 3. The molecule has 1 heterocycles. The highest BCUT2D eigenvalue weighted by Crippen LogP contribution is 2.33. The number of phenols is 2. The number of fused-ring (bicyclic) bond motifs is 2. The summed E-state index contributed by atoms with van der Waals surface area (Å²) in [5.74, 6) is 0.554. The van der Waals surface area contributed by atoms with Crippen molar-refractivity contribution in [1.82, 2.24) is 15.0 Å². The average Bonchev–Trinajstić information content (AvgIpc) is 2.77. The lowest BCUT2D eigenvalue weighted by Crippen LogP contribution is -2.01. The minimum absolute atomic E-state index is 0.0376. The van der Waals surface area contributed by atoms with Crippen LogP contribution in [0.2, 0.25) is 0 Å². The highest BCUT2D eigenvalue weighted by atomic mass is 16.5. The van der Waals surface area contributed by atoms with E-state index in [1.165, 1.54) is 35.8 Å². The standard InChI is InChI=1S/C24H19N3O3/c1-30-24-26-22(25-23(27-24)20-9-8-19(28)13-21(20)29)17-7-6-16-10-14-4-2-3-5-15(14)11-18(16)12-17/h3,5-13,28-29H,2,4H2,1H3. The molecule has 6 heteroatoms. The van der Waals surface area contributed by atoms with Crippen LogP contribution in [0.4, 0.5) is 0 Å². The number of allylic oxidation sites excluding steroid dienone is 1. The van der Waals surface area contributed by atoms with E-state index in [2.05, 4.69) is 45.3 Å². The molecule has 148 valence electrons. The van der Waals surface area contributed by atoms with E-state index in [1.54, 1.807) is 6.07 Å². The Hall–Kier alpha value is -3.93. The Labute approximate surface area is 173 Å². The van der Waals surface area contributed by atoms with Gasteiger partial charge in [0.15, 0.2) is 11.6 Å². The molecule has 0 bridgehead atoms. The number of rotatable bonds is 3. The number of aryl methyl sites for hydroxylation is 1. The maximum absolute atomic E-state index is 10.2. The number of hydrogen-bond acceptors (Lipinski definition) is 6. The molecule has 2 N–H and O–H groups in total. The predicted molar refractivity (Wildman–Crippen MR) is 115 cm³/mol. The highest BCUT2D eigenvalue weighted by molar-refractivity contribution is 5.89. The van der Waals surface area contributed by atoms with Gasteiger partial charge in [-0.1, -0.05) is 30.4 Å². The van der Waals surface area contributed by atoms with Gasteiger partial charge in [-0.3, -0.25) is 0 Å². The zero-order valence-corrected chi connectivity index (χ0v) is 16.3. The van der Waals surface area contributed by atoms with Crippen molar-refractivity contribution >= 4 is 16.8 Å². The third kappa shape index (κ3) is 3.22. The monoisotopic (exact) mass is 397 g/mol. The number of hydrogen-bond donors (Lipinski definition) is 2. The molecule has 5 rings (SSSR count). The first-order valence-electron chi connectivity index (χ1n) is 9.67. The summed E-state index contributed by atoms with van der Waals surface area (Å²) in [6.45, 7) is 0. The number of aromatic hydroxyl groups is 2. The molecule has 0 saturated heterocycles. The van der Waals surface area contributed by atoms with Gasteiger partial charge < -0.3 is 14.9 Å². The van der Waals surface area contributed by atoms with E-state index < -0.39 is 0 Å². The van der Waals surface area contributed by atoms with Gasteiger partial charge in [0.25, 0.3) is 0 Å². The van der Waals surface area contributed by atoms with E-state index in [4.69, 9.17) is 4.74 Å². The van der Waals surface area contributed by atoms with Crippen molar-refractivity contribution in [3.8, 4) is 40.3 Å². The van der Waals surface area contributed by atoms with Crippen LogP contribution in [0.1, 0.15) is 17.5 Å². The molecule has 1 aliphatic rings. The second kappa shape index (κ2) is 7.15. The van der Waals surface area contributed by atoms with E-state index >= 15 is 0 Å². The number of nitrogens with zero attached hydrogens (tertiary/aromatic N) is 3. The summed E-state index contributed by atoms with van der Waals surface area (Å²) in [7, 11) is 1.48. The van der Waals surface area contributed by atoms with Crippen LogP contribution in [0.15, 0.2) is 54.6 Å². The zero-order valence-electron chi connectivity index (χ0n) is 16.3. The molecular weight excluding hydrogens is 378 g/mol. The van der Waals surface area contributed by atoms with Crippen molar-refractivity contribution in [2.45, 2.75) is 12.8 Å². The van der Waals surface area contributed by atoms with Crippen LogP contribution < -0.4 is 4.74 Å². The highest BCUT2D eigenvalue weighted by Gasteiger charge is 2.15. The topological polar surface area (TPSA) is 88.4 Å². The fourth-order valence-electron chi connectivity index (χ4n) is 3.73. The molecule has 1 aliphatic carbocycles. The first-order chi connectivity index (χ1) is 14.6. The minimum atomic E-state index is -0.119. The summed E-state index contributed by atoms with van der Waals surface area (Å²) < 4.78 is 5.26. The molecule has 0 saturated carbocycles. The molecule has 0 spiro atoms. The molecule has 0 atom stereocenters. The molecule has 6 nitrogen and oxygen atoms in total. The summed E-state index contributed by atoms with van der Waals surface area (Å²) in [5, 5.41) is 22.1. The van der Waals surface area contributed by atoms with Crippen LogP contribution in [0.5, 0.6) is 17.5 Å². The quantitative estimate of drug-likeness (QED) is 0.519. The van der Waals surface area contributed by atoms with Gasteiger partial charge in [-0.25, -0.2) is 4.98 Å². The summed E-state index contributed by atoms with van der Waals surface area (Å²) in [4.78, 5) is 13.2. The van der Waals surface area contributed by atoms with E-state index in [1.807, 2.05) is 12.1 Å². The fourth-order valence-corrected chi connectivity index (χ4v) is 3.73. The van der Waals surface area contributed by atoms with Gasteiger partial charge in [-0.15, -0.1) is 0 Å². The first-order valence-corrected chi connectivity index (χ1v) is 9.67. The summed E-state index contributed by atoms with van der Waals surface area (Å²) in [5.41, 5.74) is 3.82. The minimum Gasteiger partial charge on any atom is -0.508 e. The molecule has 0 aliphatic heterocycles. The van der Waals surface area contributed by atoms with Gasteiger partial charge in [-0.2, -0.15) is 9.97 Å². The number of methoxy groups -OCH3 is 1. The van der Waals surface area contributed by atoms with Crippen molar-refractivity contribution in [1.29, 1.82) is 0 Å². The molecule has 4 aromatic rings. The normalized spacial score (nSPS) is 12.7. The fraction of sp³-hybridized carbons (Fsp3) is 0.125. The van der Waals surface area contributed by atoms with Crippen LogP contribution in [-0.4, -0.2) is 32.3 Å². The molecular formula is C24H19N3O3. The van der Waals surface area contributed by atoms with Crippen molar-refractivity contribution in [2.75, 3.05) is 7.11 Å². The van der Waals surface area contributed by atoms with E-state index in [0.29, 0.717) is 11.4 Å². The van der Waals surface area contributed by atoms with Gasteiger partial charge in [0.05, 0.1) is 12.7 Å². The Morgan fingerprint density at radius 3 is 2.57 bits per heavy atom. The second-order valence-electron chi connectivity index (χ2n) is 7.22. The molecule has 0 amide bonds. The van der Waals surface area contributed by atoms with Crippen LogP contribution in [0.25, 0.3) is 39.6 Å². The summed E-state index contributed by atoms with van der Waals surface area (Å²) in [6.07, 6.45) is 6.51. The lowest BCUT2D eigenvalue weighted by molar-refractivity contribution is 0.379. The van der Waals surface area contributed by atoms with Crippen LogP contribution in [0.3, 0.4) is 0 Å². The third-order valence-electron chi connectivity index (χ3n) is 5.25. The Kier molecular flexibility index (Phi) is 4.32. The van der Waals surface area contributed by atoms with Gasteiger partial charge in [0.2, 0.25) is 0 Å². The SMILES string of the molecule is COc1nc(-c2ccc3cc4c(cc3c2)C=CCC4)nc(-c2ccc(O)cc2O)n1. The van der Waals surface area contributed by atoms with Crippen molar-refractivity contribution in [2.24, 2.45) is 0 Å². The third-order valence-corrected chi connectivity index (χ3v) is 5.25. The van der Waals surface area contributed by atoms with Gasteiger partial charge in [-0.05, 0) is 59.0 Å². The maximum Gasteiger partial charge on any atom is 0.320 e. The largest absolute Gasteiger partial charge is 0.508 e. The number of ether oxygens (including phenoxy) is 1. The molecule has 30 heavy (non-hydrogen) atoms. The van der Waals surface area contributed by atoms with Gasteiger partial charge in [0.1, 0.15) is 11.5 Å². The summed E-state index contributed by atoms with van der Waals surface area (Å²) in [6, 6.07) is 14.9. The lowest BCUT2D eigenvalue weighted by atomic mass is 9.93. The van der Waals surface area contributed by atoms with Crippen molar-refractivity contribution in [3.63, 3.8) is 0 Å². The van der Waals surface area contributed by atoms with Crippen LogP contribution in [0, 0.1) is 0 Å². The average molecular weight is 397 g/mol. The Morgan fingerprint density at radius 2 is 1.73 bits per heavy atom. The molecule has 0 unspecified atom stereocenters. The number of phenolic OH excluding ortho intramolecular Hbond substituents is 2. The van der Waals surface area contributed by atoms with Crippen molar-refractivity contribution < 1.29 is 14.9 Å². The molecule has 0 radical (unpaired) electrons. The van der Waals surface area contributed by atoms with Crippen LogP contribution >= 0.6 is 0 Å². The van der Waals surface area contributed by atoms with E-state index in [9.17, 15) is 10.2 Å². The van der Waals surface area contributed by atoms with Crippen molar-refractivity contribution in [3.05, 3.63) is 65.7 Å². The molecule has 0 fully saturated rings. The molecule has 1 aromatic heterocycles. The maximum atomic E-state index is 10.2. The predicted octanol–water partition coefficient (Wildman–Crippen LogP) is 4.74. The Balaban J connectivity index is 1.64. The van der Waals surface area contributed by atoms with E-state index in [0.717, 1.165) is 23.8 Å². The van der Waals surface area contributed by atoms with Gasteiger partial charge >= 0.3 is 6.01 Å². The van der Waals surface area contributed by atoms with Crippen LogP contribution in [-0.2, 0) is 6.42 Å². The zero-order chi connectivity index (χ0) is 20.7. The smallest absolute Gasteiger partial charge is 0.320 e. The molecule has 3 aromatic carbocycles. The Morgan fingerprint density at radius 1 is 0.867 bits per heavy atom. The van der Waals surface area contributed by atoms with Gasteiger partial charge in [0, 0.05) is 11.6 Å². The Bertz CT molecular complexity index is 1310. The van der Waals surface area contributed by atoms with E-state index in [-0.39, 0.29) is 23.3 Å². The summed E-state index contributed by atoms with van der Waals surface area (Å²) >= 11 is 0. The second-order valence-corrected chi connectivity index (χ2v) is 7.22.